The third-order valence-electron chi connectivity index (χ3n) is 4.29. The second kappa shape index (κ2) is 8.02. The molecule has 0 bridgehead atoms. The minimum Gasteiger partial charge on any atom is -0.352 e. The maximum atomic E-state index is 12.3. The molecule has 1 unspecified atom stereocenters. The van der Waals surface area contributed by atoms with Crippen molar-refractivity contribution in [2.24, 2.45) is 0 Å². The average molecular weight is 363 g/mol. The average Bonchev–Trinajstić information content (AvgIpc) is 2.99. The van der Waals surface area contributed by atoms with Crippen LogP contribution >= 0.6 is 23.2 Å². The molecule has 0 aliphatic carbocycles. The number of halogens is 2. The lowest BCUT2D eigenvalue weighted by Gasteiger charge is -2.17. The summed E-state index contributed by atoms with van der Waals surface area (Å²) >= 11 is 12.3. The van der Waals surface area contributed by atoms with Crippen molar-refractivity contribution in [3.63, 3.8) is 0 Å². The SMILES string of the molecule is O=C(Cc1c(Cl)cccc1Cl)NC1CCN(Cc2ccccc2)C1. The summed E-state index contributed by atoms with van der Waals surface area (Å²) in [5, 5.41) is 4.17. The predicted octanol–water partition coefficient (Wildman–Crippen LogP) is 3.93. The molecule has 1 heterocycles. The van der Waals surface area contributed by atoms with Crippen LogP contribution in [-0.4, -0.2) is 29.9 Å². The Morgan fingerprint density at radius 2 is 1.79 bits per heavy atom. The van der Waals surface area contributed by atoms with E-state index in [1.165, 1.54) is 5.56 Å². The summed E-state index contributed by atoms with van der Waals surface area (Å²) in [4.78, 5) is 14.7. The summed E-state index contributed by atoms with van der Waals surface area (Å²) in [5.41, 5.74) is 1.99. The van der Waals surface area contributed by atoms with Crippen LogP contribution in [0, 0.1) is 0 Å². The zero-order chi connectivity index (χ0) is 16.9. The number of rotatable bonds is 5. The molecule has 0 spiro atoms. The molecule has 2 aromatic rings. The van der Waals surface area contributed by atoms with Crippen LogP contribution in [0.1, 0.15) is 17.5 Å². The van der Waals surface area contributed by atoms with E-state index in [-0.39, 0.29) is 18.4 Å². The standard InChI is InChI=1S/C19H20Cl2N2O/c20-17-7-4-8-18(21)16(17)11-19(24)22-15-9-10-23(13-15)12-14-5-2-1-3-6-14/h1-8,15H,9-13H2,(H,22,24). The van der Waals surface area contributed by atoms with Crippen molar-refractivity contribution in [1.29, 1.82) is 0 Å². The third kappa shape index (κ3) is 4.50. The smallest absolute Gasteiger partial charge is 0.224 e. The highest BCUT2D eigenvalue weighted by Crippen LogP contribution is 2.24. The van der Waals surface area contributed by atoms with Crippen molar-refractivity contribution in [2.45, 2.75) is 25.4 Å². The van der Waals surface area contributed by atoms with Gasteiger partial charge in [-0.2, -0.15) is 0 Å². The number of carbonyl (C=O) groups is 1. The van der Waals surface area contributed by atoms with Crippen molar-refractivity contribution in [3.8, 4) is 0 Å². The molecule has 1 atom stereocenters. The molecule has 2 aromatic carbocycles. The zero-order valence-electron chi connectivity index (χ0n) is 13.3. The van der Waals surface area contributed by atoms with Gasteiger partial charge in [-0.05, 0) is 29.7 Å². The van der Waals surface area contributed by atoms with E-state index in [9.17, 15) is 4.79 Å². The van der Waals surface area contributed by atoms with Gasteiger partial charge in [0, 0.05) is 35.7 Å². The lowest BCUT2D eigenvalue weighted by atomic mass is 10.1. The van der Waals surface area contributed by atoms with Crippen molar-refractivity contribution in [2.75, 3.05) is 13.1 Å². The number of carbonyl (C=O) groups excluding carboxylic acids is 1. The first-order chi connectivity index (χ1) is 11.6. The van der Waals surface area contributed by atoms with Gasteiger partial charge < -0.3 is 5.32 Å². The van der Waals surface area contributed by atoms with E-state index in [1.807, 2.05) is 6.07 Å². The molecular formula is C19H20Cl2N2O. The van der Waals surface area contributed by atoms with Crippen LogP contribution < -0.4 is 5.32 Å². The molecule has 126 valence electrons. The minimum atomic E-state index is -0.0310. The summed E-state index contributed by atoms with van der Waals surface area (Å²) < 4.78 is 0. The molecule has 3 nitrogen and oxygen atoms in total. The highest BCUT2D eigenvalue weighted by atomic mass is 35.5. The Bertz CT molecular complexity index is 686. The third-order valence-corrected chi connectivity index (χ3v) is 4.99. The van der Waals surface area contributed by atoms with Crippen LogP contribution in [0.25, 0.3) is 0 Å². The maximum Gasteiger partial charge on any atom is 0.224 e. The predicted molar refractivity (Wildman–Crippen MR) is 98.4 cm³/mol. The van der Waals surface area contributed by atoms with Gasteiger partial charge in [-0.25, -0.2) is 0 Å². The van der Waals surface area contributed by atoms with Gasteiger partial charge in [-0.15, -0.1) is 0 Å². The maximum absolute atomic E-state index is 12.3. The quantitative estimate of drug-likeness (QED) is 0.873. The first-order valence-electron chi connectivity index (χ1n) is 8.10. The topological polar surface area (TPSA) is 32.3 Å². The fraction of sp³-hybridized carbons (Fsp3) is 0.316. The van der Waals surface area contributed by atoms with Gasteiger partial charge in [0.1, 0.15) is 0 Å². The van der Waals surface area contributed by atoms with E-state index in [0.29, 0.717) is 15.6 Å². The highest BCUT2D eigenvalue weighted by Gasteiger charge is 2.24. The highest BCUT2D eigenvalue weighted by molar-refractivity contribution is 6.36. The molecule has 24 heavy (non-hydrogen) atoms. The van der Waals surface area contributed by atoms with Gasteiger partial charge in [-0.1, -0.05) is 59.6 Å². The summed E-state index contributed by atoms with van der Waals surface area (Å²) in [6.07, 6.45) is 1.18. The molecule has 1 aliphatic heterocycles. The van der Waals surface area contributed by atoms with Gasteiger partial charge in [0.2, 0.25) is 5.91 Å². The van der Waals surface area contributed by atoms with Gasteiger partial charge in [0.25, 0.3) is 0 Å². The zero-order valence-corrected chi connectivity index (χ0v) is 14.9. The van der Waals surface area contributed by atoms with Crippen molar-refractivity contribution in [1.82, 2.24) is 10.2 Å². The van der Waals surface area contributed by atoms with Gasteiger partial charge in [-0.3, -0.25) is 9.69 Å². The van der Waals surface area contributed by atoms with E-state index in [1.54, 1.807) is 18.2 Å². The van der Waals surface area contributed by atoms with E-state index >= 15 is 0 Å². The molecule has 5 heteroatoms. The van der Waals surface area contributed by atoms with Crippen LogP contribution in [0.3, 0.4) is 0 Å². The van der Waals surface area contributed by atoms with Crippen molar-refractivity contribution < 1.29 is 4.79 Å². The van der Waals surface area contributed by atoms with E-state index in [4.69, 9.17) is 23.2 Å². The van der Waals surface area contributed by atoms with Crippen LogP contribution in [-0.2, 0) is 17.8 Å². The summed E-state index contributed by atoms with van der Waals surface area (Å²) in [5.74, 6) is -0.0310. The molecule has 1 N–H and O–H groups in total. The molecule has 1 saturated heterocycles. The van der Waals surface area contributed by atoms with E-state index in [2.05, 4.69) is 34.5 Å². The Morgan fingerprint density at radius 3 is 2.50 bits per heavy atom. The molecule has 0 saturated carbocycles. The molecular weight excluding hydrogens is 343 g/mol. The second-order valence-electron chi connectivity index (χ2n) is 6.15. The monoisotopic (exact) mass is 362 g/mol. The molecule has 0 radical (unpaired) electrons. The Kier molecular flexibility index (Phi) is 5.77. The minimum absolute atomic E-state index is 0.0310. The molecule has 3 rings (SSSR count). The number of benzene rings is 2. The fourth-order valence-corrected chi connectivity index (χ4v) is 3.61. The van der Waals surface area contributed by atoms with Crippen molar-refractivity contribution in [3.05, 3.63) is 69.7 Å². The van der Waals surface area contributed by atoms with Gasteiger partial charge >= 0.3 is 0 Å². The van der Waals surface area contributed by atoms with Crippen molar-refractivity contribution >= 4 is 29.1 Å². The normalized spacial score (nSPS) is 17.8. The second-order valence-corrected chi connectivity index (χ2v) is 6.97. The summed E-state index contributed by atoms with van der Waals surface area (Å²) in [7, 11) is 0. The Labute approximate surface area is 152 Å². The summed E-state index contributed by atoms with van der Waals surface area (Å²) in [6.45, 7) is 2.78. The number of nitrogens with zero attached hydrogens (tertiary/aromatic N) is 1. The Hall–Kier alpha value is -1.55. The molecule has 1 aliphatic rings. The number of nitrogens with one attached hydrogen (secondary N) is 1. The van der Waals surface area contributed by atoms with Gasteiger partial charge in [0.05, 0.1) is 6.42 Å². The summed E-state index contributed by atoms with van der Waals surface area (Å²) in [6, 6.07) is 15.9. The van der Waals surface area contributed by atoms with Gasteiger partial charge in [0.15, 0.2) is 0 Å². The first-order valence-corrected chi connectivity index (χ1v) is 8.86. The lowest BCUT2D eigenvalue weighted by molar-refractivity contribution is -0.121. The van der Waals surface area contributed by atoms with Crippen LogP contribution in [0.4, 0.5) is 0 Å². The Morgan fingerprint density at radius 1 is 1.08 bits per heavy atom. The largest absolute Gasteiger partial charge is 0.352 e. The number of likely N-dealkylation sites (tertiary alicyclic amines) is 1. The fourth-order valence-electron chi connectivity index (χ4n) is 3.08. The van der Waals surface area contributed by atoms with Crippen LogP contribution in [0.15, 0.2) is 48.5 Å². The number of amides is 1. The molecule has 1 amide bonds. The Balaban J connectivity index is 1.51. The van der Waals surface area contributed by atoms with Crippen LogP contribution in [0.5, 0.6) is 0 Å². The molecule has 1 fully saturated rings. The lowest BCUT2D eigenvalue weighted by Crippen LogP contribution is -2.37. The number of hydrogen-bond donors (Lipinski definition) is 1. The number of hydrogen-bond acceptors (Lipinski definition) is 2. The van der Waals surface area contributed by atoms with Crippen LogP contribution in [0.2, 0.25) is 10.0 Å². The molecule has 0 aromatic heterocycles. The van der Waals surface area contributed by atoms with E-state index in [0.717, 1.165) is 26.1 Å². The first kappa shape index (κ1) is 17.3. The van der Waals surface area contributed by atoms with E-state index < -0.39 is 0 Å².